The lowest BCUT2D eigenvalue weighted by Crippen LogP contribution is -2.12. The third kappa shape index (κ3) is 4.20. The molecule has 26 heavy (non-hydrogen) atoms. The van der Waals surface area contributed by atoms with E-state index >= 15 is 0 Å². The number of amides is 1. The van der Waals surface area contributed by atoms with Crippen LogP contribution >= 0.6 is 11.3 Å². The van der Waals surface area contributed by atoms with Crippen LogP contribution in [0.3, 0.4) is 0 Å². The summed E-state index contributed by atoms with van der Waals surface area (Å²) in [5, 5.41) is 4.33. The summed E-state index contributed by atoms with van der Waals surface area (Å²) >= 11 is 1.07. The largest absolute Gasteiger partial charge is 0.298 e. The van der Waals surface area contributed by atoms with E-state index in [9.17, 15) is 17.8 Å². The second kappa shape index (κ2) is 7.84. The van der Waals surface area contributed by atoms with Crippen molar-refractivity contribution in [3.63, 3.8) is 0 Å². The first kappa shape index (κ1) is 18.3. The molecule has 1 N–H and O–H groups in total. The molecule has 0 aliphatic rings. The van der Waals surface area contributed by atoms with E-state index in [4.69, 9.17) is 0 Å². The molecule has 134 valence electrons. The lowest BCUT2D eigenvalue weighted by atomic mass is 10.1. The molecule has 0 radical (unpaired) electrons. The first-order chi connectivity index (χ1) is 12.4. The highest BCUT2D eigenvalue weighted by molar-refractivity contribution is 7.83. The van der Waals surface area contributed by atoms with Crippen LogP contribution in [-0.2, 0) is 16.6 Å². The quantitative estimate of drug-likeness (QED) is 0.707. The third-order valence-corrected chi connectivity index (χ3v) is 5.00. The van der Waals surface area contributed by atoms with E-state index in [2.05, 4.69) is 10.3 Å². The van der Waals surface area contributed by atoms with Crippen LogP contribution in [0.4, 0.5) is 13.9 Å². The van der Waals surface area contributed by atoms with Crippen LogP contribution < -0.4 is 5.32 Å². The normalized spacial score (nSPS) is 12.0. The Balaban J connectivity index is 1.79. The summed E-state index contributed by atoms with van der Waals surface area (Å²) in [5.74, 6) is -1.47. The molecule has 0 saturated heterocycles. The number of hydrogen-bond acceptors (Lipinski definition) is 4. The maximum absolute atomic E-state index is 13.8. The van der Waals surface area contributed by atoms with Crippen LogP contribution in [0.5, 0.6) is 0 Å². The highest BCUT2D eigenvalue weighted by atomic mass is 32.2. The van der Waals surface area contributed by atoms with E-state index in [-0.39, 0.29) is 16.4 Å². The zero-order valence-corrected chi connectivity index (χ0v) is 15.3. The second-order valence-electron chi connectivity index (χ2n) is 5.51. The fourth-order valence-electron chi connectivity index (χ4n) is 2.39. The van der Waals surface area contributed by atoms with Crippen molar-refractivity contribution in [2.75, 3.05) is 11.6 Å². The Bertz CT molecular complexity index is 969. The summed E-state index contributed by atoms with van der Waals surface area (Å²) in [5.41, 5.74) is 1.07. The van der Waals surface area contributed by atoms with Gasteiger partial charge in [0, 0.05) is 33.8 Å². The van der Waals surface area contributed by atoms with Crippen molar-refractivity contribution in [3.8, 4) is 11.3 Å². The average Bonchev–Trinajstić information content (AvgIpc) is 3.02. The highest BCUT2D eigenvalue weighted by Crippen LogP contribution is 2.29. The van der Waals surface area contributed by atoms with Gasteiger partial charge in [0.25, 0.3) is 5.91 Å². The number of carbonyl (C=O) groups excluding carboxylic acids is 1. The minimum atomic E-state index is -1.01. The number of halogens is 2. The van der Waals surface area contributed by atoms with Gasteiger partial charge in [-0.3, -0.25) is 14.3 Å². The van der Waals surface area contributed by atoms with Crippen molar-refractivity contribution >= 4 is 33.2 Å². The number of carbonyl (C=O) groups is 1. The van der Waals surface area contributed by atoms with Crippen LogP contribution in [0.15, 0.2) is 47.8 Å². The first-order valence-corrected chi connectivity index (χ1v) is 10.1. The zero-order chi connectivity index (χ0) is 18.7. The molecule has 0 spiro atoms. The molecular formula is C18H14F2N2O2S2. The van der Waals surface area contributed by atoms with Gasteiger partial charge in [0.1, 0.15) is 11.6 Å². The van der Waals surface area contributed by atoms with Crippen molar-refractivity contribution < 1.29 is 17.8 Å². The molecule has 0 saturated carbocycles. The predicted octanol–water partition coefficient (Wildman–Crippen LogP) is 4.22. The van der Waals surface area contributed by atoms with Gasteiger partial charge in [-0.05, 0) is 29.8 Å². The summed E-state index contributed by atoms with van der Waals surface area (Å²) < 4.78 is 39.0. The number of hydrogen-bond donors (Lipinski definition) is 1. The van der Waals surface area contributed by atoms with Crippen molar-refractivity contribution in [3.05, 3.63) is 70.6 Å². The molecule has 8 heteroatoms. The first-order valence-electron chi connectivity index (χ1n) is 7.54. The van der Waals surface area contributed by atoms with Gasteiger partial charge in [0.15, 0.2) is 5.13 Å². The van der Waals surface area contributed by atoms with Gasteiger partial charge < -0.3 is 0 Å². The Morgan fingerprint density at radius 1 is 1.19 bits per heavy atom. The number of rotatable bonds is 5. The Labute approximate surface area is 155 Å². The van der Waals surface area contributed by atoms with E-state index in [1.165, 1.54) is 11.4 Å². The molecule has 1 heterocycles. The van der Waals surface area contributed by atoms with Crippen LogP contribution in [0.2, 0.25) is 0 Å². The number of thiazole rings is 1. The average molecular weight is 392 g/mol. The molecule has 1 atom stereocenters. The van der Waals surface area contributed by atoms with E-state index < -0.39 is 28.3 Å². The van der Waals surface area contributed by atoms with Gasteiger partial charge >= 0.3 is 0 Å². The van der Waals surface area contributed by atoms with Crippen LogP contribution in [0.1, 0.15) is 15.9 Å². The molecule has 1 unspecified atom stereocenters. The molecule has 0 aliphatic heterocycles. The minimum absolute atomic E-state index is 0.121. The minimum Gasteiger partial charge on any atom is -0.298 e. The standard InChI is InChI=1S/C18H14F2N2O2S2/c1-26(24)10-11-4-2-5-12(8-11)17(23)22-18-21-15(9-25-18)16-13(19)6-3-7-14(16)20/h2-9H,10H2,1H3,(H,21,22,23). The molecule has 0 bridgehead atoms. The molecule has 3 rings (SSSR count). The molecule has 2 aromatic carbocycles. The van der Waals surface area contributed by atoms with Gasteiger partial charge in [0.05, 0.1) is 11.3 Å². The van der Waals surface area contributed by atoms with Gasteiger partial charge in [-0.25, -0.2) is 13.8 Å². The van der Waals surface area contributed by atoms with Crippen molar-refractivity contribution in [1.82, 2.24) is 4.98 Å². The van der Waals surface area contributed by atoms with Gasteiger partial charge in [-0.1, -0.05) is 18.2 Å². The molecular weight excluding hydrogens is 378 g/mol. The maximum Gasteiger partial charge on any atom is 0.257 e. The Kier molecular flexibility index (Phi) is 5.53. The second-order valence-corrected chi connectivity index (χ2v) is 7.80. The Morgan fingerprint density at radius 2 is 1.88 bits per heavy atom. The van der Waals surface area contributed by atoms with E-state index in [1.54, 1.807) is 30.5 Å². The van der Waals surface area contributed by atoms with Crippen LogP contribution in [0, 0.1) is 11.6 Å². The van der Waals surface area contributed by atoms with E-state index in [0.717, 1.165) is 29.0 Å². The number of nitrogens with one attached hydrogen (secondary N) is 1. The monoisotopic (exact) mass is 392 g/mol. The molecule has 1 aromatic heterocycles. The molecule has 1 amide bonds. The Hall–Kier alpha value is -2.45. The topological polar surface area (TPSA) is 59.1 Å². The summed E-state index contributed by atoms with van der Waals surface area (Å²) in [7, 11) is -1.01. The molecule has 0 fully saturated rings. The van der Waals surface area contributed by atoms with Gasteiger partial charge in [0.2, 0.25) is 0 Å². The fourth-order valence-corrected chi connectivity index (χ4v) is 3.74. The van der Waals surface area contributed by atoms with E-state index in [1.807, 2.05) is 0 Å². The van der Waals surface area contributed by atoms with Crippen LogP contribution in [-0.4, -0.2) is 21.4 Å². The zero-order valence-electron chi connectivity index (χ0n) is 13.7. The number of benzene rings is 2. The number of anilines is 1. The van der Waals surface area contributed by atoms with E-state index in [0.29, 0.717) is 11.3 Å². The van der Waals surface area contributed by atoms with Crippen molar-refractivity contribution in [2.45, 2.75) is 5.75 Å². The lowest BCUT2D eigenvalue weighted by molar-refractivity contribution is 0.102. The Morgan fingerprint density at radius 3 is 2.58 bits per heavy atom. The third-order valence-electron chi connectivity index (χ3n) is 3.50. The summed E-state index contributed by atoms with van der Waals surface area (Å²) in [6.07, 6.45) is 1.59. The highest BCUT2D eigenvalue weighted by Gasteiger charge is 2.16. The van der Waals surface area contributed by atoms with Crippen molar-refractivity contribution in [1.29, 1.82) is 0 Å². The maximum atomic E-state index is 13.8. The smallest absolute Gasteiger partial charge is 0.257 e. The predicted molar refractivity (Wildman–Crippen MR) is 99.6 cm³/mol. The number of nitrogens with zero attached hydrogens (tertiary/aromatic N) is 1. The fraction of sp³-hybridized carbons (Fsp3) is 0.111. The van der Waals surface area contributed by atoms with Crippen LogP contribution in [0.25, 0.3) is 11.3 Å². The summed E-state index contributed by atoms with van der Waals surface area (Å²) in [4.78, 5) is 16.5. The van der Waals surface area contributed by atoms with Crippen molar-refractivity contribution in [2.24, 2.45) is 0 Å². The summed E-state index contributed by atoms with van der Waals surface area (Å²) in [6, 6.07) is 10.4. The lowest BCUT2D eigenvalue weighted by Gasteiger charge is -2.04. The molecule has 3 aromatic rings. The number of aromatic nitrogens is 1. The summed E-state index contributed by atoms with van der Waals surface area (Å²) in [6.45, 7) is 0. The van der Waals surface area contributed by atoms with Gasteiger partial charge in [-0.2, -0.15) is 0 Å². The molecule has 0 aliphatic carbocycles. The SMILES string of the molecule is CS(=O)Cc1cccc(C(=O)Nc2nc(-c3c(F)cccc3F)cs2)c1. The van der Waals surface area contributed by atoms with Gasteiger partial charge in [-0.15, -0.1) is 11.3 Å². The molecule has 4 nitrogen and oxygen atoms in total.